The van der Waals surface area contributed by atoms with Crippen molar-refractivity contribution >= 4 is 40.0 Å². The fourth-order valence-electron chi connectivity index (χ4n) is 9.06. The Labute approximate surface area is 290 Å². The molecule has 1 aliphatic carbocycles. The first kappa shape index (κ1) is 33.6. The standard InChI is InChI=1S/C25H29NO3.C17H23NO2/c1-24(2)8-10-26-11-9-25(3,4)20-21(26)19(24)14-16-13-18(23(28)29-22(16)20)15-6-5-7-17(27)12-15;1-16(2)5-7-18-8-6-17(3,4)13-14(18)12(16)9-11(10-19)15(13)20/h12-14H,5-11H2,1-4H3;9-10,20H,5-8H2,1-4H3. The number of aromatic hydroxyl groups is 1. The molecule has 1 N–H and O–H groups in total. The monoisotopic (exact) mass is 664 g/mol. The Morgan fingerprint density at radius 1 is 0.714 bits per heavy atom. The quantitative estimate of drug-likeness (QED) is 0.217. The molecule has 5 heterocycles. The SMILES string of the molecule is CC1(C)CCN2CCC(C)(C)c3c(O)c(C=O)cc1c32.CC1(C)CCN2CCC(C)(C)c3c2c1cc1cc(C2=CC(=O)CCC2)c(=O)oc31. The molecule has 8 rings (SSSR count). The van der Waals surface area contributed by atoms with Crippen LogP contribution in [-0.2, 0) is 26.5 Å². The average molecular weight is 665 g/mol. The highest BCUT2D eigenvalue weighted by Crippen LogP contribution is 2.54. The summed E-state index contributed by atoms with van der Waals surface area (Å²) in [6, 6.07) is 6.11. The van der Waals surface area contributed by atoms with E-state index in [1.165, 1.54) is 28.1 Å². The summed E-state index contributed by atoms with van der Waals surface area (Å²) in [6.07, 6.45) is 8.80. The number of nitrogens with zero attached hydrogens (tertiary/aromatic N) is 2. The van der Waals surface area contributed by atoms with E-state index in [-0.39, 0.29) is 38.8 Å². The molecule has 260 valence electrons. The number of allylic oxidation sites excluding steroid dienone is 2. The molecule has 0 saturated heterocycles. The van der Waals surface area contributed by atoms with Gasteiger partial charge in [0.25, 0.3) is 0 Å². The fraction of sp³-hybridized carbons (Fsp3) is 0.548. The van der Waals surface area contributed by atoms with Gasteiger partial charge >= 0.3 is 5.63 Å². The second-order valence-corrected chi connectivity index (χ2v) is 17.7. The molecule has 5 aliphatic rings. The minimum Gasteiger partial charge on any atom is -0.507 e. The molecular formula is C42H52N2O5. The topological polar surface area (TPSA) is 91.1 Å². The number of hydrogen-bond acceptors (Lipinski definition) is 7. The van der Waals surface area contributed by atoms with Crippen molar-refractivity contribution in [2.75, 3.05) is 36.0 Å². The Hall–Kier alpha value is -3.87. The number of ketones is 1. The average Bonchev–Trinajstić information content (AvgIpc) is 3.02. The van der Waals surface area contributed by atoms with Gasteiger partial charge in [0.05, 0.1) is 11.1 Å². The molecule has 0 spiro atoms. The van der Waals surface area contributed by atoms with Crippen LogP contribution in [0.4, 0.5) is 11.4 Å². The highest BCUT2D eigenvalue weighted by molar-refractivity contribution is 5.99. The third kappa shape index (κ3) is 5.43. The molecule has 0 bridgehead atoms. The van der Waals surface area contributed by atoms with Gasteiger partial charge in [-0.3, -0.25) is 9.59 Å². The van der Waals surface area contributed by atoms with Crippen LogP contribution in [0.5, 0.6) is 5.75 Å². The zero-order valence-electron chi connectivity index (χ0n) is 30.6. The van der Waals surface area contributed by atoms with Crippen LogP contribution in [0.3, 0.4) is 0 Å². The van der Waals surface area contributed by atoms with E-state index < -0.39 is 0 Å². The molecule has 0 radical (unpaired) electrons. The smallest absolute Gasteiger partial charge is 0.343 e. The summed E-state index contributed by atoms with van der Waals surface area (Å²) in [6.45, 7) is 22.1. The molecule has 1 aromatic heterocycles. The maximum atomic E-state index is 13.0. The molecule has 3 aromatic rings. The van der Waals surface area contributed by atoms with Crippen LogP contribution < -0.4 is 15.4 Å². The second-order valence-electron chi connectivity index (χ2n) is 17.7. The molecule has 0 fully saturated rings. The molecule has 7 nitrogen and oxygen atoms in total. The fourth-order valence-corrected chi connectivity index (χ4v) is 9.06. The molecule has 4 aliphatic heterocycles. The van der Waals surface area contributed by atoms with Gasteiger partial charge < -0.3 is 19.3 Å². The maximum Gasteiger partial charge on any atom is 0.343 e. The van der Waals surface area contributed by atoms with Crippen molar-refractivity contribution in [2.24, 2.45) is 0 Å². The van der Waals surface area contributed by atoms with Gasteiger partial charge in [0.2, 0.25) is 0 Å². The van der Waals surface area contributed by atoms with Crippen molar-refractivity contribution < 1.29 is 19.1 Å². The van der Waals surface area contributed by atoms with E-state index in [0.29, 0.717) is 17.5 Å². The number of benzene rings is 2. The van der Waals surface area contributed by atoms with Crippen molar-refractivity contribution in [3.05, 3.63) is 68.1 Å². The summed E-state index contributed by atoms with van der Waals surface area (Å²) in [5, 5.41) is 11.5. The number of anilines is 2. The Kier molecular flexibility index (Phi) is 7.77. The summed E-state index contributed by atoms with van der Waals surface area (Å²) in [5.41, 5.74) is 9.40. The first-order valence-electron chi connectivity index (χ1n) is 18.2. The summed E-state index contributed by atoms with van der Waals surface area (Å²) < 4.78 is 6.02. The van der Waals surface area contributed by atoms with Gasteiger partial charge in [0, 0.05) is 60.5 Å². The zero-order valence-corrected chi connectivity index (χ0v) is 30.6. The van der Waals surface area contributed by atoms with E-state index in [1.54, 1.807) is 6.08 Å². The van der Waals surface area contributed by atoms with Gasteiger partial charge in [-0.2, -0.15) is 0 Å². The van der Waals surface area contributed by atoms with Crippen LogP contribution in [0.25, 0.3) is 16.5 Å². The number of carbonyl (C=O) groups is 2. The lowest BCUT2D eigenvalue weighted by Gasteiger charge is -2.48. The lowest BCUT2D eigenvalue weighted by atomic mass is 9.69. The van der Waals surface area contributed by atoms with Crippen molar-refractivity contribution in [3.63, 3.8) is 0 Å². The normalized spacial score (nSPS) is 22.4. The molecule has 49 heavy (non-hydrogen) atoms. The van der Waals surface area contributed by atoms with Crippen molar-refractivity contribution in [1.82, 2.24) is 0 Å². The van der Waals surface area contributed by atoms with E-state index in [2.05, 4.69) is 71.3 Å². The van der Waals surface area contributed by atoms with Gasteiger partial charge in [-0.25, -0.2) is 4.79 Å². The van der Waals surface area contributed by atoms with E-state index in [9.17, 15) is 19.5 Å². The summed E-state index contributed by atoms with van der Waals surface area (Å²) in [4.78, 5) is 41.1. The van der Waals surface area contributed by atoms with Crippen molar-refractivity contribution in [1.29, 1.82) is 0 Å². The number of aldehydes is 1. The lowest BCUT2D eigenvalue weighted by Crippen LogP contribution is -2.44. The van der Waals surface area contributed by atoms with Crippen molar-refractivity contribution in [3.8, 4) is 5.75 Å². The van der Waals surface area contributed by atoms with Crippen LogP contribution in [-0.4, -0.2) is 43.4 Å². The zero-order chi connectivity index (χ0) is 35.3. The molecule has 2 aromatic carbocycles. The van der Waals surface area contributed by atoms with Crippen LogP contribution in [0.1, 0.15) is 139 Å². The molecule has 0 atom stereocenters. The number of carbonyl (C=O) groups excluding carboxylic acids is 2. The Morgan fingerprint density at radius 3 is 1.82 bits per heavy atom. The second kappa shape index (κ2) is 11.3. The van der Waals surface area contributed by atoms with Crippen LogP contribution in [0, 0.1) is 0 Å². The molecule has 7 heteroatoms. The number of phenols is 1. The highest BCUT2D eigenvalue weighted by atomic mass is 16.4. The first-order chi connectivity index (χ1) is 22.9. The third-order valence-corrected chi connectivity index (χ3v) is 12.4. The Morgan fingerprint density at radius 2 is 1.24 bits per heavy atom. The molecule has 0 saturated carbocycles. The first-order valence-corrected chi connectivity index (χ1v) is 18.2. The third-order valence-electron chi connectivity index (χ3n) is 12.4. The van der Waals surface area contributed by atoms with Crippen LogP contribution >= 0.6 is 0 Å². The van der Waals surface area contributed by atoms with Gasteiger partial charge in [0.1, 0.15) is 11.3 Å². The Bertz CT molecular complexity index is 1990. The largest absolute Gasteiger partial charge is 0.507 e. The van der Waals surface area contributed by atoms with E-state index in [0.717, 1.165) is 93.1 Å². The van der Waals surface area contributed by atoms with Gasteiger partial charge in [-0.1, -0.05) is 55.4 Å². The summed E-state index contributed by atoms with van der Waals surface area (Å²) in [5.74, 6) is 0.287. The van der Waals surface area contributed by atoms with E-state index in [4.69, 9.17) is 4.42 Å². The Balaban J connectivity index is 0.000000166. The minimum atomic E-state index is -0.322. The van der Waals surface area contributed by atoms with E-state index in [1.807, 2.05) is 12.1 Å². The molecule has 0 amide bonds. The summed E-state index contributed by atoms with van der Waals surface area (Å²) >= 11 is 0. The number of rotatable bonds is 2. The minimum absolute atomic E-state index is 0.0506. The van der Waals surface area contributed by atoms with E-state index >= 15 is 0 Å². The summed E-state index contributed by atoms with van der Waals surface area (Å²) in [7, 11) is 0. The van der Waals surface area contributed by atoms with Crippen LogP contribution in [0.2, 0.25) is 0 Å². The predicted molar refractivity (Wildman–Crippen MR) is 198 cm³/mol. The van der Waals surface area contributed by atoms with Gasteiger partial charge in [0.15, 0.2) is 12.1 Å². The number of hydrogen-bond donors (Lipinski definition) is 1. The molecular weight excluding hydrogens is 612 g/mol. The van der Waals surface area contributed by atoms with Crippen molar-refractivity contribution in [2.45, 2.75) is 122 Å². The lowest BCUT2D eigenvalue weighted by molar-refractivity contribution is -0.114. The predicted octanol–water partition coefficient (Wildman–Crippen LogP) is 8.47. The number of phenolic OH excluding ortho intramolecular Hbond substituents is 1. The maximum absolute atomic E-state index is 13.0. The molecule has 0 unspecified atom stereocenters. The highest BCUT2D eigenvalue weighted by Gasteiger charge is 2.43. The van der Waals surface area contributed by atoms with Crippen LogP contribution in [0.15, 0.2) is 33.5 Å². The number of fused-ring (bicyclic) bond motifs is 2. The van der Waals surface area contributed by atoms with Gasteiger partial charge in [-0.15, -0.1) is 0 Å². The van der Waals surface area contributed by atoms with Gasteiger partial charge in [-0.05, 0) is 101 Å².